The Bertz CT molecular complexity index is 1220. The van der Waals surface area contributed by atoms with Crippen molar-refractivity contribution in [3.8, 4) is 0 Å². The Morgan fingerprint density at radius 3 is 1.42 bits per heavy atom. The van der Waals surface area contributed by atoms with Gasteiger partial charge in [0.15, 0.2) is 0 Å². The summed E-state index contributed by atoms with van der Waals surface area (Å²) in [6, 6.07) is 15.5. The average Bonchev–Trinajstić information content (AvgIpc) is 3.43. The molecule has 38 heavy (non-hydrogen) atoms. The second kappa shape index (κ2) is 12.5. The molecule has 2 aromatic carbocycles. The second-order valence-corrected chi connectivity index (χ2v) is 10.3. The molecule has 1 aromatic heterocycles. The molecule has 0 saturated heterocycles. The molecule has 0 radical (unpaired) electrons. The van der Waals surface area contributed by atoms with E-state index < -0.39 is 0 Å². The van der Waals surface area contributed by atoms with Crippen LogP contribution in [0, 0.1) is 41.5 Å². The molecule has 5 nitrogen and oxygen atoms in total. The summed E-state index contributed by atoms with van der Waals surface area (Å²) in [5, 5.41) is 7.07. The summed E-state index contributed by atoms with van der Waals surface area (Å²) in [7, 11) is 0. The smallest absolute Gasteiger partial charge is 1.00 e. The van der Waals surface area contributed by atoms with Crippen molar-refractivity contribution in [2.45, 2.75) is 66.7 Å². The third-order valence-corrected chi connectivity index (χ3v) is 7.18. The third-order valence-electron chi connectivity index (χ3n) is 7.18. The van der Waals surface area contributed by atoms with E-state index in [1.807, 2.05) is 12.4 Å². The van der Waals surface area contributed by atoms with Gasteiger partial charge in [-0.3, -0.25) is 4.98 Å². The fourth-order valence-corrected chi connectivity index (χ4v) is 5.92. The molecular formula is C31H41BrN5Pt+. The van der Waals surface area contributed by atoms with Crippen LogP contribution in [-0.2, 0) is 33.9 Å². The van der Waals surface area contributed by atoms with Crippen LogP contribution < -0.4 is 37.4 Å². The van der Waals surface area contributed by atoms with Crippen molar-refractivity contribution in [1.29, 1.82) is 0 Å². The molecule has 0 saturated carbocycles. The molecule has 3 heterocycles. The predicted molar refractivity (Wildman–Crippen MR) is 154 cm³/mol. The van der Waals surface area contributed by atoms with Crippen LogP contribution in [0.15, 0.2) is 67.3 Å². The third kappa shape index (κ3) is 6.18. The van der Waals surface area contributed by atoms with Crippen molar-refractivity contribution >= 4 is 11.4 Å². The minimum absolute atomic E-state index is 0. The minimum Gasteiger partial charge on any atom is -1.00 e. The molecule has 206 valence electrons. The standard InChI is InChI=1S/C31H37N5.BrH.Pt.2H2/c1-20-14-22(3)30(23(4)15-20)35-12-10-32-28(35)18-26-8-7-9-27(34-26)19-29-33-11-13-36(29)31-24(5)16-21(2)17-25(31)6;;;;/h7-17,28-29,32-33H,18-19H2,1-6H3;1H;;2*1H/q;;+2;;/p-1. The first-order chi connectivity index (χ1) is 17.3. The second-order valence-electron chi connectivity index (χ2n) is 10.3. The van der Waals surface area contributed by atoms with Crippen molar-refractivity contribution in [2.75, 3.05) is 9.80 Å². The van der Waals surface area contributed by atoms with E-state index in [0.29, 0.717) is 0 Å². The number of halogens is 1. The van der Waals surface area contributed by atoms with E-state index in [-0.39, 0.29) is 53.2 Å². The summed E-state index contributed by atoms with van der Waals surface area (Å²) in [4.78, 5) is 9.79. The van der Waals surface area contributed by atoms with Gasteiger partial charge < -0.3 is 37.4 Å². The molecule has 2 atom stereocenters. The molecule has 2 unspecified atom stereocenters. The Balaban J connectivity index is 0.00000200. The Hall–Kier alpha value is -2.56. The molecule has 0 spiro atoms. The Morgan fingerprint density at radius 2 is 1.05 bits per heavy atom. The van der Waals surface area contributed by atoms with Gasteiger partial charge in [-0.1, -0.05) is 41.5 Å². The molecule has 2 N–H and O–H groups in total. The number of nitrogens with zero attached hydrogens (tertiary/aromatic N) is 3. The topological polar surface area (TPSA) is 43.4 Å². The number of nitrogens with one attached hydrogen (secondary N) is 2. The van der Waals surface area contributed by atoms with E-state index in [1.165, 1.54) is 44.8 Å². The van der Waals surface area contributed by atoms with E-state index in [4.69, 9.17) is 4.98 Å². The van der Waals surface area contributed by atoms with Crippen molar-refractivity contribution in [1.82, 2.24) is 15.6 Å². The van der Waals surface area contributed by atoms with Crippen LogP contribution in [0.1, 0.15) is 47.6 Å². The zero-order chi connectivity index (χ0) is 25.4. The van der Waals surface area contributed by atoms with Crippen molar-refractivity contribution in [3.63, 3.8) is 0 Å². The van der Waals surface area contributed by atoms with Crippen LogP contribution in [0.2, 0.25) is 0 Å². The summed E-state index contributed by atoms with van der Waals surface area (Å²) in [6.45, 7) is 13.1. The number of hydrogen-bond donors (Lipinski definition) is 2. The number of pyridine rings is 1. The van der Waals surface area contributed by atoms with Gasteiger partial charge in [0, 0.05) is 63.3 Å². The molecular weight excluding hydrogens is 717 g/mol. The van der Waals surface area contributed by atoms with Gasteiger partial charge >= 0.3 is 21.1 Å². The van der Waals surface area contributed by atoms with Gasteiger partial charge in [-0.05, 0) is 75.9 Å². The van der Waals surface area contributed by atoms with E-state index in [0.717, 1.165) is 24.2 Å². The number of hydrogen-bond acceptors (Lipinski definition) is 5. The maximum Gasteiger partial charge on any atom is 2.00 e. The zero-order valence-corrected chi connectivity index (χ0v) is 26.8. The van der Waals surface area contributed by atoms with E-state index in [1.54, 1.807) is 0 Å². The van der Waals surface area contributed by atoms with Gasteiger partial charge in [-0.25, -0.2) is 0 Å². The molecule has 0 fully saturated rings. The number of aryl methyl sites for hydroxylation is 6. The monoisotopic (exact) mass is 757 g/mol. The number of benzene rings is 2. The van der Waals surface area contributed by atoms with Gasteiger partial charge in [0.25, 0.3) is 0 Å². The number of rotatable bonds is 6. The number of aromatic nitrogens is 1. The Labute approximate surface area is 255 Å². The van der Waals surface area contributed by atoms with Crippen molar-refractivity contribution in [2.24, 2.45) is 0 Å². The SMILES string of the molecule is Cc1cc(C)c(N2C=CNC2Cc2cccc(CC3NC=CN3c3c(C)cc(C)cc3C)n2)c(C)c1.[Br-].[HH].[HH].[Pt+2]. The first-order valence-electron chi connectivity index (χ1n) is 12.8. The fraction of sp³-hybridized carbons (Fsp3) is 0.323. The van der Waals surface area contributed by atoms with Crippen LogP contribution in [0.3, 0.4) is 0 Å². The summed E-state index contributed by atoms with van der Waals surface area (Å²) in [5.74, 6) is 0. The van der Waals surface area contributed by atoms with Crippen LogP contribution in [0.5, 0.6) is 0 Å². The fourth-order valence-electron chi connectivity index (χ4n) is 5.92. The van der Waals surface area contributed by atoms with Gasteiger partial charge in [0.1, 0.15) is 12.3 Å². The maximum atomic E-state index is 5.09. The van der Waals surface area contributed by atoms with Crippen LogP contribution >= 0.6 is 0 Å². The van der Waals surface area contributed by atoms with Crippen molar-refractivity contribution in [3.05, 3.63) is 112 Å². The number of anilines is 2. The normalized spacial score (nSPS) is 17.6. The first kappa shape index (κ1) is 30.0. The maximum absolute atomic E-state index is 5.09. The molecule has 0 aliphatic carbocycles. The summed E-state index contributed by atoms with van der Waals surface area (Å²) in [6.07, 6.45) is 10.3. The molecule has 7 heteroatoms. The summed E-state index contributed by atoms with van der Waals surface area (Å²) < 4.78 is 0. The minimum atomic E-state index is 0. The first-order valence-corrected chi connectivity index (χ1v) is 12.8. The Morgan fingerprint density at radius 1 is 0.684 bits per heavy atom. The van der Waals surface area contributed by atoms with Crippen LogP contribution in [-0.4, -0.2) is 17.3 Å². The predicted octanol–water partition coefficient (Wildman–Crippen LogP) is 3.32. The Kier molecular flexibility index (Phi) is 9.89. The molecule has 0 bridgehead atoms. The molecule has 3 aromatic rings. The van der Waals surface area contributed by atoms with Crippen LogP contribution in [0.25, 0.3) is 0 Å². The van der Waals surface area contributed by atoms with Gasteiger partial charge in [-0.2, -0.15) is 0 Å². The van der Waals surface area contributed by atoms with E-state index >= 15 is 0 Å². The molecule has 2 aliphatic heterocycles. The quantitative estimate of drug-likeness (QED) is 0.405. The van der Waals surface area contributed by atoms with Gasteiger partial charge in [-0.15, -0.1) is 0 Å². The van der Waals surface area contributed by atoms with Crippen LogP contribution in [0.4, 0.5) is 11.4 Å². The van der Waals surface area contributed by atoms with Crippen molar-refractivity contribution < 1.29 is 40.9 Å². The van der Waals surface area contributed by atoms with E-state index in [2.05, 4.69) is 117 Å². The largest absolute Gasteiger partial charge is 2.00 e. The van der Waals surface area contributed by atoms with Gasteiger partial charge in [0.2, 0.25) is 0 Å². The average molecular weight is 759 g/mol. The molecule has 0 amide bonds. The molecule has 2 aliphatic rings. The summed E-state index contributed by atoms with van der Waals surface area (Å²) >= 11 is 0. The van der Waals surface area contributed by atoms with E-state index in [9.17, 15) is 0 Å². The molecule has 5 rings (SSSR count). The summed E-state index contributed by atoms with van der Waals surface area (Å²) in [5.41, 5.74) is 12.6. The zero-order valence-electron chi connectivity index (χ0n) is 23.0. The van der Waals surface area contributed by atoms with Gasteiger partial charge in [0.05, 0.1) is 0 Å².